The first-order chi connectivity index (χ1) is 8.49. The summed E-state index contributed by atoms with van der Waals surface area (Å²) in [6, 6.07) is 4.15. The minimum atomic E-state index is -0.0421. The molecular formula is C14H20ClNO2. The van der Waals surface area contributed by atoms with E-state index in [1.165, 1.54) is 11.1 Å². The number of rotatable bonds is 5. The van der Waals surface area contributed by atoms with Crippen molar-refractivity contribution in [3.63, 3.8) is 0 Å². The molecule has 0 aromatic heterocycles. The second kappa shape index (κ2) is 6.64. The summed E-state index contributed by atoms with van der Waals surface area (Å²) in [4.78, 5) is 13.0. The first-order valence-corrected chi connectivity index (χ1v) is 6.47. The molecule has 0 atom stereocenters. The standard InChI is InChI=1S/C14H20ClNO2/c1-10-8-13(18-4)11(2)7-12(10)5-6-16(3)14(17)9-15/h7-8H,5-6,9H2,1-4H3. The Morgan fingerprint density at radius 2 is 2.00 bits per heavy atom. The summed E-state index contributed by atoms with van der Waals surface area (Å²) in [7, 11) is 3.45. The average molecular weight is 270 g/mol. The third-order valence-corrected chi connectivity index (χ3v) is 3.34. The number of hydrogen-bond acceptors (Lipinski definition) is 2. The second-order valence-electron chi connectivity index (χ2n) is 4.45. The molecule has 1 rings (SSSR count). The molecule has 0 radical (unpaired) electrons. The molecule has 0 aliphatic rings. The number of nitrogens with zero attached hydrogens (tertiary/aromatic N) is 1. The van der Waals surface area contributed by atoms with Gasteiger partial charge >= 0.3 is 0 Å². The monoisotopic (exact) mass is 269 g/mol. The molecule has 100 valence electrons. The first kappa shape index (κ1) is 14.8. The molecule has 0 aliphatic heterocycles. The van der Waals surface area contributed by atoms with Gasteiger partial charge < -0.3 is 9.64 Å². The van der Waals surface area contributed by atoms with Crippen LogP contribution in [0.25, 0.3) is 0 Å². The van der Waals surface area contributed by atoms with E-state index in [0.29, 0.717) is 6.54 Å². The van der Waals surface area contributed by atoms with Crippen LogP contribution in [0.4, 0.5) is 0 Å². The Balaban J connectivity index is 2.74. The Bertz CT molecular complexity index is 432. The van der Waals surface area contributed by atoms with Crippen LogP contribution in [-0.4, -0.2) is 37.4 Å². The van der Waals surface area contributed by atoms with Gasteiger partial charge in [-0.25, -0.2) is 0 Å². The largest absolute Gasteiger partial charge is 0.496 e. The topological polar surface area (TPSA) is 29.5 Å². The Kier molecular flexibility index (Phi) is 5.48. The summed E-state index contributed by atoms with van der Waals surface area (Å²) in [5, 5.41) is 0. The van der Waals surface area contributed by atoms with Gasteiger partial charge in [-0.2, -0.15) is 0 Å². The lowest BCUT2D eigenvalue weighted by molar-refractivity contribution is -0.127. The van der Waals surface area contributed by atoms with Crippen LogP contribution in [0.5, 0.6) is 5.75 Å². The van der Waals surface area contributed by atoms with Crippen molar-refractivity contribution in [2.75, 3.05) is 26.6 Å². The lowest BCUT2D eigenvalue weighted by atomic mass is 10.0. The quantitative estimate of drug-likeness (QED) is 0.769. The molecule has 0 saturated heterocycles. The molecular weight excluding hydrogens is 250 g/mol. The van der Waals surface area contributed by atoms with Crippen molar-refractivity contribution in [1.29, 1.82) is 0 Å². The Hall–Kier alpha value is -1.22. The summed E-state index contributed by atoms with van der Waals surface area (Å²) in [6.07, 6.45) is 0.829. The van der Waals surface area contributed by atoms with Crippen molar-refractivity contribution in [3.8, 4) is 5.75 Å². The van der Waals surface area contributed by atoms with Crippen LogP contribution in [0, 0.1) is 13.8 Å². The zero-order chi connectivity index (χ0) is 13.7. The molecule has 0 saturated carbocycles. The fraction of sp³-hybridized carbons (Fsp3) is 0.500. The number of halogens is 1. The van der Waals surface area contributed by atoms with E-state index in [0.717, 1.165) is 17.7 Å². The van der Waals surface area contributed by atoms with Crippen LogP contribution in [-0.2, 0) is 11.2 Å². The zero-order valence-electron chi connectivity index (χ0n) is 11.4. The molecule has 1 aromatic carbocycles. The van der Waals surface area contributed by atoms with Gasteiger partial charge in [0, 0.05) is 13.6 Å². The van der Waals surface area contributed by atoms with Gasteiger partial charge in [0.15, 0.2) is 0 Å². The maximum Gasteiger partial charge on any atom is 0.237 e. The molecule has 18 heavy (non-hydrogen) atoms. The predicted molar refractivity (Wildman–Crippen MR) is 74.5 cm³/mol. The van der Waals surface area contributed by atoms with E-state index >= 15 is 0 Å². The number of amides is 1. The van der Waals surface area contributed by atoms with Gasteiger partial charge in [0.1, 0.15) is 11.6 Å². The summed E-state index contributed by atoms with van der Waals surface area (Å²) < 4.78 is 5.28. The van der Waals surface area contributed by atoms with Crippen molar-refractivity contribution in [1.82, 2.24) is 4.90 Å². The van der Waals surface area contributed by atoms with Gasteiger partial charge in [0.2, 0.25) is 5.91 Å². The van der Waals surface area contributed by atoms with Crippen LogP contribution < -0.4 is 4.74 Å². The van der Waals surface area contributed by atoms with Gasteiger partial charge in [0.25, 0.3) is 0 Å². The predicted octanol–water partition coefficient (Wildman–Crippen LogP) is 2.55. The van der Waals surface area contributed by atoms with E-state index < -0.39 is 0 Å². The molecule has 0 aliphatic carbocycles. The van der Waals surface area contributed by atoms with E-state index in [1.807, 2.05) is 13.0 Å². The highest BCUT2D eigenvalue weighted by molar-refractivity contribution is 6.27. The Labute approximate surface area is 114 Å². The van der Waals surface area contributed by atoms with Crippen molar-refractivity contribution in [2.45, 2.75) is 20.3 Å². The number of likely N-dealkylation sites (N-methyl/N-ethyl adjacent to an activating group) is 1. The smallest absolute Gasteiger partial charge is 0.237 e. The van der Waals surface area contributed by atoms with E-state index in [-0.39, 0.29) is 11.8 Å². The minimum Gasteiger partial charge on any atom is -0.496 e. The summed E-state index contributed by atoms with van der Waals surface area (Å²) in [5.41, 5.74) is 3.54. The number of aryl methyl sites for hydroxylation is 2. The minimum absolute atomic E-state index is 0.0388. The second-order valence-corrected chi connectivity index (χ2v) is 4.71. The number of hydrogen-bond donors (Lipinski definition) is 0. The van der Waals surface area contributed by atoms with E-state index in [1.54, 1.807) is 19.1 Å². The highest BCUT2D eigenvalue weighted by atomic mass is 35.5. The number of alkyl halides is 1. The molecule has 0 spiro atoms. The molecule has 0 heterocycles. The molecule has 1 amide bonds. The fourth-order valence-corrected chi connectivity index (χ4v) is 2.06. The van der Waals surface area contributed by atoms with E-state index in [4.69, 9.17) is 16.3 Å². The maximum absolute atomic E-state index is 11.4. The Morgan fingerprint density at radius 1 is 1.33 bits per heavy atom. The van der Waals surface area contributed by atoms with Gasteiger partial charge in [-0.05, 0) is 43.0 Å². The molecule has 3 nitrogen and oxygen atoms in total. The lowest BCUT2D eigenvalue weighted by Gasteiger charge is -2.17. The molecule has 0 fully saturated rings. The summed E-state index contributed by atoms with van der Waals surface area (Å²) >= 11 is 5.52. The number of benzene rings is 1. The van der Waals surface area contributed by atoms with Crippen molar-refractivity contribution in [2.24, 2.45) is 0 Å². The fourth-order valence-electron chi connectivity index (χ4n) is 1.85. The van der Waals surface area contributed by atoms with Crippen LogP contribution >= 0.6 is 11.6 Å². The van der Waals surface area contributed by atoms with Gasteiger partial charge in [-0.3, -0.25) is 4.79 Å². The van der Waals surface area contributed by atoms with Crippen LogP contribution in [0.15, 0.2) is 12.1 Å². The molecule has 0 N–H and O–H groups in total. The van der Waals surface area contributed by atoms with Crippen LogP contribution in [0.2, 0.25) is 0 Å². The third kappa shape index (κ3) is 3.64. The molecule has 1 aromatic rings. The van der Waals surface area contributed by atoms with Crippen molar-refractivity contribution < 1.29 is 9.53 Å². The number of carbonyl (C=O) groups is 1. The number of ether oxygens (including phenoxy) is 1. The van der Waals surface area contributed by atoms with E-state index in [2.05, 4.69) is 13.0 Å². The first-order valence-electron chi connectivity index (χ1n) is 5.93. The van der Waals surface area contributed by atoms with Gasteiger partial charge in [-0.1, -0.05) is 6.07 Å². The van der Waals surface area contributed by atoms with Crippen molar-refractivity contribution in [3.05, 3.63) is 28.8 Å². The molecule has 0 bridgehead atoms. The van der Waals surface area contributed by atoms with Gasteiger partial charge in [-0.15, -0.1) is 11.6 Å². The molecule has 0 unspecified atom stereocenters. The number of methoxy groups -OCH3 is 1. The number of carbonyl (C=O) groups excluding carboxylic acids is 1. The average Bonchev–Trinajstić information content (AvgIpc) is 2.37. The van der Waals surface area contributed by atoms with Gasteiger partial charge in [0.05, 0.1) is 7.11 Å². The zero-order valence-corrected chi connectivity index (χ0v) is 12.2. The normalized spacial score (nSPS) is 10.3. The van der Waals surface area contributed by atoms with Crippen LogP contribution in [0.1, 0.15) is 16.7 Å². The van der Waals surface area contributed by atoms with Crippen molar-refractivity contribution >= 4 is 17.5 Å². The SMILES string of the molecule is COc1cc(C)c(CCN(C)C(=O)CCl)cc1C. The molecule has 4 heteroatoms. The van der Waals surface area contributed by atoms with E-state index in [9.17, 15) is 4.79 Å². The maximum atomic E-state index is 11.4. The highest BCUT2D eigenvalue weighted by Crippen LogP contribution is 2.22. The lowest BCUT2D eigenvalue weighted by Crippen LogP contribution is -2.29. The summed E-state index contributed by atoms with van der Waals surface area (Å²) in [6.45, 7) is 4.76. The van der Waals surface area contributed by atoms with Crippen LogP contribution in [0.3, 0.4) is 0 Å². The highest BCUT2D eigenvalue weighted by Gasteiger charge is 2.09. The Morgan fingerprint density at radius 3 is 2.56 bits per heavy atom. The third-order valence-electron chi connectivity index (χ3n) is 3.11. The summed E-state index contributed by atoms with van der Waals surface area (Å²) in [5.74, 6) is 0.901.